The molecule has 0 aliphatic rings. The van der Waals surface area contributed by atoms with Gasteiger partial charge in [0.2, 0.25) is 17.5 Å². The molecule has 0 saturated carbocycles. The van der Waals surface area contributed by atoms with E-state index in [9.17, 15) is 91.1 Å². The SMILES string of the molecule is O=S(=O)(OI)c1c(F)c(F)c(F)c(F)c1F.O=S(=O)(OI)c1c(F)c(F)c(F)c(F)c1F.O=S(=O)(OI)c1c(F)c(F)c(F)c(F)c1F. The van der Waals surface area contributed by atoms with Crippen LogP contribution in [0.5, 0.6) is 0 Å². The molecule has 0 atom stereocenters. The molecule has 3 aromatic carbocycles. The van der Waals surface area contributed by atoms with Crippen molar-refractivity contribution in [3.05, 3.63) is 87.3 Å². The zero-order valence-electron chi connectivity index (χ0n) is 20.7. The van der Waals surface area contributed by atoms with E-state index in [-0.39, 0.29) is 0 Å². The third-order valence-corrected chi connectivity index (χ3v) is 11.8. The highest BCUT2D eigenvalue weighted by atomic mass is 127. The molecule has 48 heavy (non-hydrogen) atoms. The molecular formula is C18F15I3O9S3. The largest absolute Gasteiger partial charge is 0.312 e. The molecule has 0 heterocycles. The van der Waals surface area contributed by atoms with Crippen LogP contribution in [-0.2, 0) is 37.9 Å². The summed E-state index contributed by atoms with van der Waals surface area (Å²) in [7, 11) is -15.1. The van der Waals surface area contributed by atoms with Gasteiger partial charge >= 0.3 is 30.4 Å². The molecular weight excluding hydrogens is 1120 g/mol. The topological polar surface area (TPSA) is 130 Å². The molecule has 0 unspecified atom stereocenters. The molecule has 0 bridgehead atoms. The molecule has 0 spiro atoms. The van der Waals surface area contributed by atoms with E-state index in [1.54, 1.807) is 0 Å². The summed E-state index contributed by atoms with van der Waals surface area (Å²) < 4.78 is 267. The Balaban J connectivity index is 0.000000360. The monoisotopic (exact) mass is 1120 g/mol. The maximum absolute atomic E-state index is 12.9. The maximum Gasteiger partial charge on any atom is 0.312 e. The minimum Gasteiger partial charge on any atom is -0.202 e. The predicted molar refractivity (Wildman–Crippen MR) is 146 cm³/mol. The van der Waals surface area contributed by atoms with E-state index in [1.807, 2.05) is 0 Å². The quantitative estimate of drug-likeness (QED) is 0.108. The summed E-state index contributed by atoms with van der Waals surface area (Å²) in [6.45, 7) is 0. The standard InChI is InChI=1S/3C6F5IO3S/c3*7-1-2(8)4(10)6(5(11)3(1)9)16(13,14)15-12. The smallest absolute Gasteiger partial charge is 0.202 e. The van der Waals surface area contributed by atoms with Gasteiger partial charge in [0.05, 0.1) is 0 Å². The lowest BCUT2D eigenvalue weighted by molar-refractivity contribution is 0.354. The van der Waals surface area contributed by atoms with Crippen molar-refractivity contribution in [2.24, 2.45) is 0 Å². The highest BCUT2D eigenvalue weighted by Crippen LogP contribution is 2.31. The van der Waals surface area contributed by atoms with Crippen LogP contribution in [0.1, 0.15) is 0 Å². The van der Waals surface area contributed by atoms with E-state index in [1.165, 1.54) is 0 Å². The summed E-state index contributed by atoms with van der Waals surface area (Å²) in [5, 5.41) is 0. The first-order valence-electron chi connectivity index (χ1n) is 9.91. The van der Waals surface area contributed by atoms with Crippen molar-refractivity contribution in [2.45, 2.75) is 14.7 Å². The van der Waals surface area contributed by atoms with E-state index in [4.69, 9.17) is 0 Å². The Kier molecular flexibility index (Phi) is 15.5. The molecule has 270 valence electrons. The molecule has 0 amide bonds. The lowest BCUT2D eigenvalue weighted by Crippen LogP contribution is -2.12. The zero-order valence-corrected chi connectivity index (χ0v) is 29.6. The van der Waals surface area contributed by atoms with E-state index in [2.05, 4.69) is 7.54 Å². The summed E-state index contributed by atoms with van der Waals surface area (Å²) in [5.41, 5.74) is 0. The zero-order chi connectivity index (χ0) is 38.0. The average Bonchev–Trinajstić information content (AvgIpc) is 3.03. The second-order valence-corrected chi connectivity index (χ2v) is 14.8. The molecule has 30 heteroatoms. The summed E-state index contributed by atoms with van der Waals surface area (Å²) in [4.78, 5) is -6.05. The van der Waals surface area contributed by atoms with Crippen LogP contribution in [0.4, 0.5) is 65.9 Å². The van der Waals surface area contributed by atoms with Crippen LogP contribution >= 0.6 is 69.0 Å². The molecule has 0 aliphatic carbocycles. The van der Waals surface area contributed by atoms with Gasteiger partial charge in [0, 0.05) is 0 Å². The predicted octanol–water partition coefficient (Wildman–Crippen LogP) is 7.31. The van der Waals surface area contributed by atoms with E-state index in [0.29, 0.717) is 0 Å². The summed E-state index contributed by atoms with van der Waals surface area (Å²) in [6, 6.07) is 0. The fraction of sp³-hybridized carbons (Fsp3) is 0. The van der Waals surface area contributed by atoms with Crippen molar-refractivity contribution < 1.29 is 98.6 Å². The fourth-order valence-electron chi connectivity index (χ4n) is 2.51. The van der Waals surface area contributed by atoms with Crippen LogP contribution in [0.3, 0.4) is 0 Å². The summed E-state index contributed by atoms with van der Waals surface area (Å²) >= 11 is 2.22. The molecule has 3 rings (SSSR count). The Bertz CT molecular complexity index is 1780. The minimum atomic E-state index is -5.03. The Labute approximate surface area is 297 Å². The van der Waals surface area contributed by atoms with Crippen molar-refractivity contribution in [1.82, 2.24) is 0 Å². The van der Waals surface area contributed by atoms with Crippen molar-refractivity contribution in [2.75, 3.05) is 0 Å². The molecule has 0 saturated heterocycles. The maximum atomic E-state index is 12.9. The fourth-order valence-corrected chi connectivity index (χ4v) is 6.17. The highest BCUT2D eigenvalue weighted by Gasteiger charge is 2.36. The third kappa shape index (κ3) is 8.87. The molecule has 0 fully saturated rings. The van der Waals surface area contributed by atoms with E-state index >= 15 is 0 Å². The number of hydrogen-bond donors (Lipinski definition) is 0. The Morgan fingerprint density at radius 3 is 0.479 bits per heavy atom. The van der Waals surface area contributed by atoms with Gasteiger partial charge in [0.25, 0.3) is 0 Å². The van der Waals surface area contributed by atoms with Crippen LogP contribution in [0, 0.1) is 87.3 Å². The van der Waals surface area contributed by atoms with Gasteiger partial charge in [-0.05, 0) is 0 Å². The Hall–Kier alpha value is -1.47. The first-order valence-corrected chi connectivity index (χ1v) is 16.8. The average molecular weight is 1120 g/mol. The minimum absolute atomic E-state index is 0.739. The van der Waals surface area contributed by atoms with Crippen LogP contribution in [0.2, 0.25) is 0 Å². The van der Waals surface area contributed by atoms with Crippen LogP contribution in [0.25, 0.3) is 0 Å². The van der Waals surface area contributed by atoms with Crippen LogP contribution < -0.4 is 0 Å². The van der Waals surface area contributed by atoms with Crippen molar-refractivity contribution >= 4 is 99.4 Å². The lowest BCUT2D eigenvalue weighted by atomic mass is 10.3. The number of hydrogen-bond acceptors (Lipinski definition) is 9. The van der Waals surface area contributed by atoms with E-state index < -0.39 is 132 Å². The second kappa shape index (κ2) is 16.7. The normalized spacial score (nSPS) is 11.9. The molecule has 0 aliphatic heterocycles. The summed E-state index contributed by atoms with van der Waals surface area (Å²) in [6.07, 6.45) is 0. The molecule has 3 aromatic rings. The molecule has 0 N–H and O–H groups in total. The molecule has 9 nitrogen and oxygen atoms in total. The highest BCUT2D eigenvalue weighted by molar-refractivity contribution is 14.1. The van der Waals surface area contributed by atoms with Crippen LogP contribution in [0.15, 0.2) is 14.7 Å². The summed E-state index contributed by atoms with van der Waals surface area (Å²) in [5.74, 6) is -36.2. The van der Waals surface area contributed by atoms with Gasteiger partial charge in [-0.2, -0.15) is 32.8 Å². The van der Waals surface area contributed by atoms with Gasteiger partial charge in [0.15, 0.2) is 84.5 Å². The number of benzene rings is 3. The van der Waals surface area contributed by atoms with Gasteiger partial charge in [-0.15, -0.1) is 0 Å². The second-order valence-electron chi connectivity index (χ2n) is 7.25. The molecule has 0 radical (unpaired) electrons. The van der Waals surface area contributed by atoms with Crippen molar-refractivity contribution in [3.8, 4) is 0 Å². The van der Waals surface area contributed by atoms with Gasteiger partial charge in [-0.25, -0.2) is 65.9 Å². The number of halogens is 18. The lowest BCUT2D eigenvalue weighted by Gasteiger charge is -2.06. The third-order valence-electron chi connectivity index (χ3n) is 4.51. The Morgan fingerprint density at radius 1 is 0.271 bits per heavy atom. The van der Waals surface area contributed by atoms with Gasteiger partial charge in [-0.3, -0.25) is 0 Å². The van der Waals surface area contributed by atoms with E-state index in [0.717, 1.165) is 69.0 Å². The first kappa shape index (κ1) is 44.6. The first-order chi connectivity index (χ1) is 21.7. The Morgan fingerprint density at radius 2 is 0.375 bits per heavy atom. The van der Waals surface area contributed by atoms with Gasteiger partial charge in [0.1, 0.15) is 69.0 Å². The van der Waals surface area contributed by atoms with Gasteiger partial charge < -0.3 is 0 Å². The number of rotatable bonds is 6. The molecule has 0 aromatic heterocycles. The van der Waals surface area contributed by atoms with Gasteiger partial charge in [-0.1, -0.05) is 0 Å². The van der Waals surface area contributed by atoms with Crippen molar-refractivity contribution in [1.29, 1.82) is 0 Å². The van der Waals surface area contributed by atoms with Crippen LogP contribution in [-0.4, -0.2) is 25.3 Å². The van der Waals surface area contributed by atoms with Crippen molar-refractivity contribution in [3.63, 3.8) is 0 Å².